The Morgan fingerprint density at radius 2 is 1.95 bits per heavy atom. The third-order valence-electron chi connectivity index (χ3n) is 4.40. The zero-order valence-corrected chi connectivity index (χ0v) is 13.5. The van der Waals surface area contributed by atoms with Gasteiger partial charge in [0, 0.05) is 13.2 Å². The fourth-order valence-corrected chi connectivity index (χ4v) is 3.30. The summed E-state index contributed by atoms with van der Waals surface area (Å²) >= 11 is 0. The van der Waals surface area contributed by atoms with Gasteiger partial charge in [0.05, 0.1) is 5.60 Å². The molecule has 2 atom stereocenters. The molecule has 0 aromatic rings. The molecule has 1 N–H and O–H groups in total. The van der Waals surface area contributed by atoms with E-state index in [9.17, 15) is 0 Å². The molecule has 0 spiro atoms. The molecule has 0 aromatic heterocycles. The average Bonchev–Trinajstić information content (AvgIpc) is 2.41. The number of rotatable bonds is 10. The normalized spacial score (nSPS) is 27.6. The van der Waals surface area contributed by atoms with Crippen molar-refractivity contribution in [3.63, 3.8) is 0 Å². The highest BCUT2D eigenvalue weighted by atomic mass is 16.5. The van der Waals surface area contributed by atoms with Crippen molar-refractivity contribution in [1.29, 1.82) is 0 Å². The van der Waals surface area contributed by atoms with Crippen molar-refractivity contribution in [2.45, 2.75) is 84.2 Å². The number of hydrogen-bond donors (Lipinski definition) is 1. The van der Waals surface area contributed by atoms with Crippen LogP contribution >= 0.6 is 0 Å². The number of hydrogen-bond acceptors (Lipinski definition) is 2. The largest absolute Gasteiger partial charge is 0.374 e. The minimum Gasteiger partial charge on any atom is -0.374 e. The predicted octanol–water partition coefficient (Wildman–Crippen LogP) is 4.53. The molecule has 1 aliphatic carbocycles. The Labute approximate surface area is 120 Å². The van der Waals surface area contributed by atoms with Crippen LogP contribution in [0, 0.1) is 5.92 Å². The second kappa shape index (κ2) is 9.77. The average molecular weight is 269 g/mol. The molecule has 1 saturated carbocycles. The fraction of sp³-hybridized carbons (Fsp3) is 1.00. The number of ether oxygens (including phenoxy) is 1. The van der Waals surface area contributed by atoms with E-state index in [1.54, 1.807) is 0 Å². The van der Waals surface area contributed by atoms with Gasteiger partial charge in [-0.15, -0.1) is 0 Å². The lowest BCUT2D eigenvalue weighted by Gasteiger charge is -2.40. The molecule has 114 valence electrons. The van der Waals surface area contributed by atoms with Crippen LogP contribution in [-0.4, -0.2) is 25.3 Å². The van der Waals surface area contributed by atoms with E-state index in [0.717, 1.165) is 25.6 Å². The molecule has 1 aliphatic rings. The van der Waals surface area contributed by atoms with Gasteiger partial charge in [-0.25, -0.2) is 0 Å². The first-order valence-corrected chi connectivity index (χ1v) is 8.57. The van der Waals surface area contributed by atoms with Gasteiger partial charge in [-0.3, -0.25) is 0 Å². The van der Waals surface area contributed by atoms with E-state index in [1.807, 2.05) is 0 Å². The van der Waals surface area contributed by atoms with E-state index in [4.69, 9.17) is 4.74 Å². The summed E-state index contributed by atoms with van der Waals surface area (Å²) in [5, 5.41) is 3.52. The SMILES string of the molecule is CCCCCCCOC1(CNCC)CCCC(C)C1. The van der Waals surface area contributed by atoms with Crippen LogP contribution in [-0.2, 0) is 4.74 Å². The molecule has 0 aliphatic heterocycles. The van der Waals surface area contributed by atoms with E-state index in [-0.39, 0.29) is 5.60 Å². The summed E-state index contributed by atoms with van der Waals surface area (Å²) in [7, 11) is 0. The minimum absolute atomic E-state index is 0.137. The molecule has 1 rings (SSSR count). The summed E-state index contributed by atoms with van der Waals surface area (Å²) in [4.78, 5) is 0. The summed E-state index contributed by atoms with van der Waals surface area (Å²) in [6, 6.07) is 0. The van der Waals surface area contributed by atoms with E-state index in [1.165, 1.54) is 57.8 Å². The van der Waals surface area contributed by atoms with Crippen LogP contribution in [0.5, 0.6) is 0 Å². The Balaban J connectivity index is 2.28. The fourth-order valence-electron chi connectivity index (χ4n) is 3.30. The molecule has 0 bridgehead atoms. The van der Waals surface area contributed by atoms with E-state index >= 15 is 0 Å². The molecular formula is C17H35NO. The molecule has 2 unspecified atom stereocenters. The molecular weight excluding hydrogens is 234 g/mol. The molecule has 0 saturated heterocycles. The maximum absolute atomic E-state index is 6.36. The molecule has 0 heterocycles. The quantitative estimate of drug-likeness (QED) is 0.588. The lowest BCUT2D eigenvalue weighted by molar-refractivity contribution is -0.0801. The van der Waals surface area contributed by atoms with E-state index in [2.05, 4.69) is 26.1 Å². The molecule has 2 heteroatoms. The van der Waals surface area contributed by atoms with Gasteiger partial charge in [-0.1, -0.05) is 59.3 Å². The zero-order valence-electron chi connectivity index (χ0n) is 13.5. The molecule has 2 nitrogen and oxygen atoms in total. The maximum atomic E-state index is 6.36. The summed E-state index contributed by atoms with van der Waals surface area (Å²) in [6.07, 6.45) is 11.9. The van der Waals surface area contributed by atoms with Gasteiger partial charge in [0.25, 0.3) is 0 Å². The highest BCUT2D eigenvalue weighted by molar-refractivity contribution is 4.89. The van der Waals surface area contributed by atoms with Gasteiger partial charge in [0.2, 0.25) is 0 Å². The second-order valence-corrected chi connectivity index (χ2v) is 6.43. The first-order chi connectivity index (χ1) is 9.22. The van der Waals surface area contributed by atoms with Crippen molar-refractivity contribution in [2.24, 2.45) is 5.92 Å². The Bertz CT molecular complexity index is 219. The van der Waals surface area contributed by atoms with Crippen LogP contribution in [0.3, 0.4) is 0 Å². The van der Waals surface area contributed by atoms with Crippen LogP contribution in [0.25, 0.3) is 0 Å². The second-order valence-electron chi connectivity index (χ2n) is 6.43. The van der Waals surface area contributed by atoms with Crippen molar-refractivity contribution >= 4 is 0 Å². The van der Waals surface area contributed by atoms with Crippen molar-refractivity contribution in [3.05, 3.63) is 0 Å². The third-order valence-corrected chi connectivity index (χ3v) is 4.40. The first-order valence-electron chi connectivity index (χ1n) is 8.57. The molecule has 0 radical (unpaired) electrons. The van der Waals surface area contributed by atoms with Gasteiger partial charge < -0.3 is 10.1 Å². The van der Waals surface area contributed by atoms with Crippen molar-refractivity contribution in [1.82, 2.24) is 5.32 Å². The van der Waals surface area contributed by atoms with Crippen LogP contribution in [0.1, 0.15) is 78.6 Å². The summed E-state index contributed by atoms with van der Waals surface area (Å²) in [5.41, 5.74) is 0.137. The lowest BCUT2D eigenvalue weighted by atomic mass is 9.78. The number of nitrogens with one attached hydrogen (secondary N) is 1. The molecule has 0 aromatic carbocycles. The van der Waals surface area contributed by atoms with Crippen LogP contribution in [0.2, 0.25) is 0 Å². The Hall–Kier alpha value is -0.0800. The first kappa shape index (κ1) is 17.0. The summed E-state index contributed by atoms with van der Waals surface area (Å²) in [5.74, 6) is 0.826. The Morgan fingerprint density at radius 1 is 1.16 bits per heavy atom. The number of likely N-dealkylation sites (N-methyl/N-ethyl adjacent to an activating group) is 1. The molecule has 0 amide bonds. The monoisotopic (exact) mass is 269 g/mol. The van der Waals surface area contributed by atoms with Gasteiger partial charge >= 0.3 is 0 Å². The molecule has 1 fully saturated rings. The standard InChI is InChI=1S/C17H35NO/c1-4-6-7-8-9-13-19-17(15-18-5-2)12-10-11-16(3)14-17/h16,18H,4-15H2,1-3H3. The van der Waals surface area contributed by atoms with Crippen LogP contribution < -0.4 is 5.32 Å². The van der Waals surface area contributed by atoms with E-state index < -0.39 is 0 Å². The maximum Gasteiger partial charge on any atom is 0.0808 e. The smallest absolute Gasteiger partial charge is 0.0808 e. The molecule has 19 heavy (non-hydrogen) atoms. The highest BCUT2D eigenvalue weighted by Gasteiger charge is 2.35. The topological polar surface area (TPSA) is 21.3 Å². The summed E-state index contributed by atoms with van der Waals surface area (Å²) in [6.45, 7) is 9.89. The predicted molar refractivity (Wildman–Crippen MR) is 83.6 cm³/mol. The minimum atomic E-state index is 0.137. The number of unbranched alkanes of at least 4 members (excludes halogenated alkanes) is 4. The van der Waals surface area contributed by atoms with Crippen molar-refractivity contribution < 1.29 is 4.74 Å². The van der Waals surface area contributed by atoms with Crippen molar-refractivity contribution in [3.8, 4) is 0 Å². The van der Waals surface area contributed by atoms with Crippen LogP contribution in [0.15, 0.2) is 0 Å². The van der Waals surface area contributed by atoms with Gasteiger partial charge in [0.1, 0.15) is 0 Å². The third kappa shape index (κ3) is 6.76. The van der Waals surface area contributed by atoms with Crippen LogP contribution in [0.4, 0.5) is 0 Å². The highest BCUT2D eigenvalue weighted by Crippen LogP contribution is 2.35. The zero-order chi connectivity index (χ0) is 14.0. The van der Waals surface area contributed by atoms with Gasteiger partial charge in [-0.05, 0) is 31.7 Å². The lowest BCUT2D eigenvalue weighted by Crippen LogP contribution is -2.46. The van der Waals surface area contributed by atoms with E-state index in [0.29, 0.717) is 0 Å². The van der Waals surface area contributed by atoms with Crippen molar-refractivity contribution in [2.75, 3.05) is 19.7 Å². The van der Waals surface area contributed by atoms with Gasteiger partial charge in [-0.2, -0.15) is 0 Å². The Morgan fingerprint density at radius 3 is 2.63 bits per heavy atom. The van der Waals surface area contributed by atoms with Gasteiger partial charge in [0.15, 0.2) is 0 Å². The summed E-state index contributed by atoms with van der Waals surface area (Å²) < 4.78 is 6.36. The Kier molecular flexibility index (Phi) is 8.72.